The lowest BCUT2D eigenvalue weighted by atomic mass is 10.1. The van der Waals surface area contributed by atoms with Crippen molar-refractivity contribution in [1.82, 2.24) is 5.32 Å². The van der Waals surface area contributed by atoms with Crippen LogP contribution in [0, 0.1) is 0 Å². The summed E-state index contributed by atoms with van der Waals surface area (Å²) >= 11 is 0. The van der Waals surface area contributed by atoms with Crippen LogP contribution in [0.2, 0.25) is 0 Å². The smallest absolute Gasteiger partial charge is 0.163 e. The summed E-state index contributed by atoms with van der Waals surface area (Å²) in [5.41, 5.74) is 0.559. The fraction of sp³-hybridized carbons (Fsp3) is 0.562. The van der Waals surface area contributed by atoms with E-state index in [2.05, 4.69) is 5.32 Å². The third-order valence-corrected chi connectivity index (χ3v) is 3.69. The molecule has 0 bridgehead atoms. The van der Waals surface area contributed by atoms with Gasteiger partial charge in [0.2, 0.25) is 0 Å². The van der Waals surface area contributed by atoms with E-state index in [0.717, 1.165) is 0 Å². The van der Waals surface area contributed by atoms with E-state index < -0.39 is 6.10 Å². The number of halogens is 1. The number of benzene rings is 1. The molecule has 2 rings (SSSR count). The predicted octanol–water partition coefficient (Wildman–Crippen LogP) is -0.835. The second-order valence-electron chi connectivity index (χ2n) is 5.41. The van der Waals surface area contributed by atoms with Crippen LogP contribution in [0.25, 0.3) is 0 Å². The van der Waals surface area contributed by atoms with Crippen LogP contribution in [0.5, 0.6) is 5.75 Å². The van der Waals surface area contributed by atoms with Crippen LogP contribution in [0.4, 0.5) is 0 Å². The van der Waals surface area contributed by atoms with Crippen molar-refractivity contribution in [3.63, 3.8) is 0 Å². The van der Waals surface area contributed by atoms with Crippen LogP contribution in [0.1, 0.15) is 43.0 Å². The van der Waals surface area contributed by atoms with E-state index in [9.17, 15) is 9.90 Å². The molecule has 2 N–H and O–H groups in total. The highest BCUT2D eigenvalue weighted by molar-refractivity contribution is 5.96. The highest BCUT2D eigenvalue weighted by atomic mass is 35.5. The minimum absolute atomic E-state index is 0. The molecule has 0 saturated heterocycles. The quantitative estimate of drug-likeness (QED) is 0.645. The number of aliphatic hydroxyl groups is 1. The van der Waals surface area contributed by atoms with Crippen molar-refractivity contribution in [2.24, 2.45) is 0 Å². The van der Waals surface area contributed by atoms with Gasteiger partial charge in [-0.15, -0.1) is 0 Å². The van der Waals surface area contributed by atoms with Crippen LogP contribution in [0.3, 0.4) is 0 Å². The van der Waals surface area contributed by atoms with Crippen LogP contribution in [-0.4, -0.2) is 36.2 Å². The molecule has 1 unspecified atom stereocenters. The lowest BCUT2D eigenvalue weighted by molar-refractivity contribution is -0.0000140. The fourth-order valence-electron chi connectivity index (χ4n) is 2.56. The van der Waals surface area contributed by atoms with E-state index in [4.69, 9.17) is 4.74 Å². The van der Waals surface area contributed by atoms with Crippen molar-refractivity contribution in [1.29, 1.82) is 0 Å². The standard InChI is InChI=1S/C16H23NO3.ClH/c1-12(18)15-8-4-5-9-16(15)20-11-14(19)10-17-13-6-2-3-7-13;/h4-5,8-9,13-14,17,19H,2-3,6-7,10-11H2,1H3;1H/p-1. The summed E-state index contributed by atoms with van der Waals surface area (Å²) in [6, 6.07) is 7.66. The monoisotopic (exact) mass is 312 g/mol. The van der Waals surface area contributed by atoms with Gasteiger partial charge in [-0.05, 0) is 31.9 Å². The molecule has 0 spiro atoms. The summed E-state index contributed by atoms with van der Waals surface area (Å²) in [6.07, 6.45) is 4.38. The summed E-state index contributed by atoms with van der Waals surface area (Å²) in [5.74, 6) is 0.513. The first-order valence-corrected chi connectivity index (χ1v) is 7.31. The average Bonchev–Trinajstić information content (AvgIpc) is 2.96. The van der Waals surface area contributed by atoms with E-state index >= 15 is 0 Å². The normalized spacial score (nSPS) is 16.3. The van der Waals surface area contributed by atoms with Gasteiger partial charge in [-0.3, -0.25) is 4.79 Å². The number of para-hydroxylation sites is 1. The molecule has 21 heavy (non-hydrogen) atoms. The number of nitrogens with one attached hydrogen (secondary N) is 1. The Balaban J connectivity index is 0.00000220. The van der Waals surface area contributed by atoms with Crippen LogP contribution >= 0.6 is 0 Å². The Labute approximate surface area is 132 Å². The summed E-state index contributed by atoms with van der Waals surface area (Å²) < 4.78 is 5.56. The largest absolute Gasteiger partial charge is 1.00 e. The van der Waals surface area contributed by atoms with Gasteiger partial charge in [0.1, 0.15) is 18.5 Å². The predicted molar refractivity (Wildman–Crippen MR) is 78.2 cm³/mol. The first kappa shape index (κ1) is 18.0. The molecule has 0 radical (unpaired) electrons. The van der Waals surface area contributed by atoms with Gasteiger partial charge in [-0.1, -0.05) is 25.0 Å². The Morgan fingerprint density at radius 3 is 2.71 bits per heavy atom. The molecule has 1 aromatic rings. The first-order valence-electron chi connectivity index (χ1n) is 7.31. The number of rotatable bonds is 7. The zero-order valence-electron chi connectivity index (χ0n) is 12.3. The van der Waals surface area contributed by atoms with Gasteiger partial charge in [0.05, 0.1) is 5.56 Å². The Hall–Kier alpha value is -1.10. The molecule has 1 aromatic carbocycles. The Bertz CT molecular complexity index is 447. The lowest BCUT2D eigenvalue weighted by Crippen LogP contribution is -3.00. The van der Waals surface area contributed by atoms with Crippen molar-refractivity contribution in [3.8, 4) is 5.75 Å². The van der Waals surface area contributed by atoms with E-state index in [-0.39, 0.29) is 24.8 Å². The maximum atomic E-state index is 11.5. The Morgan fingerprint density at radius 1 is 1.38 bits per heavy atom. The number of Topliss-reactive ketones (excluding diaryl/α,β-unsaturated/α-hetero) is 1. The lowest BCUT2D eigenvalue weighted by Gasteiger charge is -2.17. The van der Waals surface area contributed by atoms with Crippen molar-refractivity contribution < 1.29 is 27.0 Å². The number of ether oxygens (including phenoxy) is 1. The zero-order valence-corrected chi connectivity index (χ0v) is 13.1. The molecule has 5 heteroatoms. The minimum atomic E-state index is -0.560. The second-order valence-corrected chi connectivity index (χ2v) is 5.41. The van der Waals surface area contributed by atoms with Gasteiger partial charge in [0.25, 0.3) is 0 Å². The molecule has 0 aromatic heterocycles. The molecule has 1 fully saturated rings. The van der Waals surface area contributed by atoms with Gasteiger partial charge >= 0.3 is 0 Å². The van der Waals surface area contributed by atoms with Crippen LogP contribution in [0.15, 0.2) is 24.3 Å². The highest BCUT2D eigenvalue weighted by Gasteiger charge is 2.16. The molecule has 0 aliphatic heterocycles. The topological polar surface area (TPSA) is 58.6 Å². The van der Waals surface area contributed by atoms with Gasteiger partial charge < -0.3 is 27.6 Å². The second kappa shape index (κ2) is 9.03. The molecule has 1 aliphatic rings. The van der Waals surface area contributed by atoms with E-state index in [0.29, 0.717) is 23.9 Å². The van der Waals surface area contributed by atoms with Crippen LogP contribution < -0.4 is 22.5 Å². The summed E-state index contributed by atoms with van der Waals surface area (Å²) in [4.78, 5) is 11.5. The summed E-state index contributed by atoms with van der Waals surface area (Å²) in [5, 5.41) is 13.3. The summed E-state index contributed by atoms with van der Waals surface area (Å²) in [7, 11) is 0. The minimum Gasteiger partial charge on any atom is -1.00 e. The summed E-state index contributed by atoms with van der Waals surface area (Å²) in [6.45, 7) is 2.25. The number of carbonyl (C=O) groups is 1. The van der Waals surface area contributed by atoms with Crippen molar-refractivity contribution in [2.45, 2.75) is 44.8 Å². The molecule has 1 aliphatic carbocycles. The molecular weight excluding hydrogens is 290 g/mol. The number of hydrogen-bond acceptors (Lipinski definition) is 4. The van der Waals surface area contributed by atoms with Crippen molar-refractivity contribution >= 4 is 5.78 Å². The van der Waals surface area contributed by atoms with Gasteiger partial charge in [0, 0.05) is 12.6 Å². The molecule has 0 amide bonds. The number of hydrogen-bond donors (Lipinski definition) is 2. The average molecular weight is 313 g/mol. The van der Waals surface area contributed by atoms with Crippen molar-refractivity contribution in [2.75, 3.05) is 13.2 Å². The number of carbonyl (C=O) groups excluding carboxylic acids is 1. The fourth-order valence-corrected chi connectivity index (χ4v) is 2.56. The Morgan fingerprint density at radius 2 is 2.05 bits per heavy atom. The van der Waals surface area contributed by atoms with E-state index in [1.54, 1.807) is 12.1 Å². The SMILES string of the molecule is CC(=O)c1ccccc1OCC(O)CNC1CCCC1.[Cl-]. The van der Waals surface area contributed by atoms with Gasteiger partial charge in [-0.25, -0.2) is 0 Å². The van der Waals surface area contributed by atoms with Gasteiger partial charge in [-0.2, -0.15) is 0 Å². The third kappa shape index (κ3) is 5.65. The molecule has 118 valence electrons. The Kier molecular flexibility index (Phi) is 7.72. The van der Waals surface area contributed by atoms with E-state index in [1.807, 2.05) is 12.1 Å². The number of aliphatic hydroxyl groups excluding tert-OH is 1. The maximum Gasteiger partial charge on any atom is 0.163 e. The molecular formula is C16H23ClNO3-. The molecule has 1 saturated carbocycles. The van der Waals surface area contributed by atoms with E-state index in [1.165, 1.54) is 32.6 Å². The van der Waals surface area contributed by atoms with Gasteiger partial charge in [0.15, 0.2) is 5.78 Å². The third-order valence-electron chi connectivity index (χ3n) is 3.69. The first-order chi connectivity index (χ1) is 9.66. The molecule has 0 heterocycles. The highest BCUT2D eigenvalue weighted by Crippen LogP contribution is 2.19. The maximum absolute atomic E-state index is 11.5. The number of ketones is 1. The van der Waals surface area contributed by atoms with Crippen LogP contribution in [-0.2, 0) is 0 Å². The zero-order chi connectivity index (χ0) is 14.4. The molecule has 4 nitrogen and oxygen atoms in total. The van der Waals surface area contributed by atoms with Crippen molar-refractivity contribution in [3.05, 3.63) is 29.8 Å². The molecule has 1 atom stereocenters.